The highest BCUT2D eigenvalue weighted by molar-refractivity contribution is 5.98. The molecule has 114 valence electrons. The lowest BCUT2D eigenvalue weighted by molar-refractivity contribution is -0.119. The molecule has 3 heterocycles. The zero-order chi connectivity index (χ0) is 18.2. The summed E-state index contributed by atoms with van der Waals surface area (Å²) in [6.45, 7) is -0.745. The van der Waals surface area contributed by atoms with E-state index < -0.39 is 6.98 Å². The van der Waals surface area contributed by atoms with Crippen molar-refractivity contribution in [2.45, 2.75) is 26.2 Å². The molecular weight excluding hydrogens is 280 g/mol. The number of pyridine rings is 1. The van der Waals surface area contributed by atoms with Gasteiger partial charge in [-0.3, -0.25) is 19.3 Å². The fourth-order valence-electron chi connectivity index (χ4n) is 2.53. The number of amides is 1. The maximum absolute atomic E-state index is 12.4. The third-order valence-electron chi connectivity index (χ3n) is 3.83. The van der Waals surface area contributed by atoms with Crippen molar-refractivity contribution in [3.8, 4) is 11.3 Å². The summed E-state index contributed by atoms with van der Waals surface area (Å²) in [4.78, 5) is 28.8. The fraction of sp³-hybridized carbons (Fsp3) is 0.375. The largest absolute Gasteiger partial charge is 0.323 e. The van der Waals surface area contributed by atoms with E-state index in [1.807, 2.05) is 0 Å². The Morgan fingerprint density at radius 3 is 3.14 bits per heavy atom. The lowest BCUT2D eigenvalue weighted by Gasteiger charge is -2.14. The number of carbonyl (C=O) groups excluding carboxylic acids is 2. The minimum absolute atomic E-state index is 0.128. The first-order valence-electron chi connectivity index (χ1n) is 8.66. The normalized spacial score (nSPS) is 21.5. The second kappa shape index (κ2) is 5.71. The molecule has 1 aliphatic heterocycles. The molecule has 1 amide bonds. The molecule has 2 aromatic rings. The lowest BCUT2D eigenvalue weighted by atomic mass is 9.99. The van der Waals surface area contributed by atoms with Gasteiger partial charge in [0, 0.05) is 35.2 Å². The summed E-state index contributed by atoms with van der Waals surface area (Å²) in [7, 11) is 0. The van der Waals surface area contributed by atoms with Gasteiger partial charge in [0.15, 0.2) is 5.78 Å². The number of aryl methyl sites for hydroxylation is 1. The van der Waals surface area contributed by atoms with Gasteiger partial charge in [-0.1, -0.05) is 6.92 Å². The Balaban J connectivity index is 2.20. The van der Waals surface area contributed by atoms with Gasteiger partial charge in [0.2, 0.25) is 5.91 Å². The van der Waals surface area contributed by atoms with Gasteiger partial charge in [0.25, 0.3) is 0 Å². The van der Waals surface area contributed by atoms with E-state index in [0.29, 0.717) is 30.5 Å². The molecular formula is C16H18N4O2. The van der Waals surface area contributed by atoms with Crippen LogP contribution in [-0.2, 0) is 11.8 Å². The van der Waals surface area contributed by atoms with Gasteiger partial charge in [-0.15, -0.1) is 0 Å². The zero-order valence-electron chi connectivity index (χ0n) is 15.2. The summed E-state index contributed by atoms with van der Waals surface area (Å²) in [5.74, 6) is -0.660. The van der Waals surface area contributed by atoms with Crippen LogP contribution in [0.15, 0.2) is 24.5 Å². The van der Waals surface area contributed by atoms with Crippen LogP contribution in [0.3, 0.4) is 0 Å². The number of hydrogen-bond donors (Lipinski definition) is 1. The first-order valence-corrected chi connectivity index (χ1v) is 7.16. The van der Waals surface area contributed by atoms with Crippen molar-refractivity contribution >= 4 is 17.4 Å². The number of Topliss-reactive ketones (excluding diaryl/α,β-unsaturated/α-hetero) is 1. The monoisotopic (exact) mass is 301 g/mol. The molecule has 0 saturated carbocycles. The van der Waals surface area contributed by atoms with Crippen molar-refractivity contribution in [2.24, 2.45) is 12.9 Å². The molecule has 6 nitrogen and oxygen atoms in total. The molecule has 0 saturated heterocycles. The Hall–Kier alpha value is -2.50. The van der Waals surface area contributed by atoms with Gasteiger partial charge < -0.3 is 5.32 Å². The quantitative estimate of drug-likeness (QED) is 0.810. The van der Waals surface area contributed by atoms with Gasteiger partial charge in [0.1, 0.15) is 5.69 Å². The Kier molecular flexibility index (Phi) is 2.89. The Morgan fingerprint density at radius 2 is 2.32 bits per heavy atom. The van der Waals surface area contributed by atoms with Crippen LogP contribution < -0.4 is 5.32 Å². The van der Waals surface area contributed by atoms with Gasteiger partial charge >= 0.3 is 0 Å². The van der Waals surface area contributed by atoms with Crippen LogP contribution >= 0.6 is 0 Å². The summed E-state index contributed by atoms with van der Waals surface area (Å²) in [5.41, 5.74) is 1.28. The van der Waals surface area contributed by atoms with E-state index in [1.54, 1.807) is 19.1 Å². The molecule has 2 aromatic heterocycles. The van der Waals surface area contributed by atoms with Crippen molar-refractivity contribution in [3.63, 3.8) is 0 Å². The van der Waals surface area contributed by atoms with Crippen molar-refractivity contribution in [1.82, 2.24) is 14.8 Å². The van der Waals surface area contributed by atoms with E-state index in [9.17, 15) is 9.59 Å². The van der Waals surface area contributed by atoms with Gasteiger partial charge in [-0.25, -0.2) is 0 Å². The minimum atomic E-state index is -2.52. The third-order valence-corrected chi connectivity index (χ3v) is 3.83. The predicted octanol–water partition coefficient (Wildman–Crippen LogP) is 2.42. The second-order valence-electron chi connectivity index (χ2n) is 5.45. The average Bonchev–Trinajstić information content (AvgIpc) is 2.97. The molecule has 22 heavy (non-hydrogen) atoms. The Labute approximate surface area is 132 Å². The number of aromatic nitrogens is 3. The molecule has 6 heteroatoms. The number of anilines is 1. The SMILES string of the molecule is [2H]C([2H])([2H])n1ncc2c1-c1ccnc(c1)C(=O)CCC[C@@H](C)C(=O)N2. The molecule has 0 spiro atoms. The first kappa shape index (κ1) is 11.1. The van der Waals surface area contributed by atoms with E-state index in [-0.39, 0.29) is 29.0 Å². The van der Waals surface area contributed by atoms with Crippen LogP contribution in [0, 0.1) is 5.92 Å². The van der Waals surface area contributed by atoms with Crippen molar-refractivity contribution in [2.75, 3.05) is 5.32 Å². The Morgan fingerprint density at radius 1 is 1.45 bits per heavy atom. The molecule has 0 fully saturated rings. The maximum Gasteiger partial charge on any atom is 0.227 e. The van der Waals surface area contributed by atoms with Crippen LogP contribution in [-0.4, -0.2) is 26.5 Å². The highest BCUT2D eigenvalue weighted by atomic mass is 16.2. The first-order chi connectivity index (χ1) is 11.8. The highest BCUT2D eigenvalue weighted by Crippen LogP contribution is 2.29. The van der Waals surface area contributed by atoms with Gasteiger partial charge in [0.05, 0.1) is 17.6 Å². The number of nitrogens with zero attached hydrogens (tertiary/aromatic N) is 3. The Bertz CT molecular complexity index is 829. The van der Waals surface area contributed by atoms with Crippen LogP contribution in [0.25, 0.3) is 11.3 Å². The standard InChI is InChI=1S/C16H18N4O2/c1-10-4-3-5-14(21)12-8-11(6-7-17-12)15-13(19-16(10)22)9-18-20(15)2/h6-10H,3-5H2,1-2H3,(H,19,22)/t10-/m1/s1/i2D3. The minimum Gasteiger partial charge on any atom is -0.323 e. The number of ketones is 1. The molecule has 0 unspecified atom stereocenters. The molecule has 0 aromatic carbocycles. The molecule has 1 N–H and O–H groups in total. The van der Waals surface area contributed by atoms with Crippen molar-refractivity contribution in [3.05, 3.63) is 30.2 Å². The van der Waals surface area contributed by atoms with Gasteiger partial charge in [-0.05, 0) is 25.0 Å². The smallest absolute Gasteiger partial charge is 0.227 e. The molecule has 0 radical (unpaired) electrons. The average molecular weight is 301 g/mol. The van der Waals surface area contributed by atoms with Crippen molar-refractivity contribution < 1.29 is 13.7 Å². The number of nitrogens with one attached hydrogen (secondary N) is 1. The molecule has 3 rings (SSSR count). The summed E-state index contributed by atoms with van der Waals surface area (Å²) < 4.78 is 23.9. The van der Waals surface area contributed by atoms with E-state index in [1.165, 1.54) is 12.4 Å². The topological polar surface area (TPSA) is 76.9 Å². The van der Waals surface area contributed by atoms with Crippen LogP contribution in [0.4, 0.5) is 5.69 Å². The third kappa shape index (κ3) is 2.64. The number of fused-ring (bicyclic) bond motifs is 4. The molecule has 1 atom stereocenters. The molecule has 1 aliphatic rings. The number of hydrogen-bond acceptors (Lipinski definition) is 4. The van der Waals surface area contributed by atoms with Gasteiger partial charge in [-0.2, -0.15) is 5.10 Å². The summed E-state index contributed by atoms with van der Waals surface area (Å²) in [5, 5.41) is 6.69. The summed E-state index contributed by atoms with van der Waals surface area (Å²) >= 11 is 0. The van der Waals surface area contributed by atoms with E-state index in [0.717, 1.165) is 4.68 Å². The second-order valence-corrected chi connectivity index (χ2v) is 5.45. The molecule has 0 aliphatic carbocycles. The highest BCUT2D eigenvalue weighted by Gasteiger charge is 2.20. The van der Waals surface area contributed by atoms with E-state index in [4.69, 9.17) is 4.11 Å². The van der Waals surface area contributed by atoms with Crippen molar-refractivity contribution in [1.29, 1.82) is 0 Å². The molecule has 2 bridgehead atoms. The zero-order valence-corrected chi connectivity index (χ0v) is 12.2. The van der Waals surface area contributed by atoms with Crippen LogP contribution in [0.2, 0.25) is 0 Å². The van der Waals surface area contributed by atoms with E-state index in [2.05, 4.69) is 15.4 Å². The summed E-state index contributed by atoms with van der Waals surface area (Å²) in [6, 6.07) is 3.14. The lowest BCUT2D eigenvalue weighted by Crippen LogP contribution is -2.21. The number of rotatable bonds is 0. The van der Waals surface area contributed by atoms with E-state index >= 15 is 0 Å². The van der Waals surface area contributed by atoms with Crippen LogP contribution in [0.5, 0.6) is 0 Å². The summed E-state index contributed by atoms with van der Waals surface area (Å²) in [6.07, 6.45) is 4.21. The van der Waals surface area contributed by atoms with Crippen LogP contribution in [0.1, 0.15) is 40.8 Å². The number of carbonyl (C=O) groups is 2. The fourth-order valence-corrected chi connectivity index (χ4v) is 2.53. The predicted molar refractivity (Wildman–Crippen MR) is 82.4 cm³/mol. The maximum atomic E-state index is 12.4.